The molecule has 0 saturated carbocycles. The van der Waals surface area contributed by atoms with E-state index in [2.05, 4.69) is 107 Å². The Kier molecular flexibility index (Phi) is 10.6. The molecular weight excluding hydrogens is 693 g/mol. The van der Waals surface area contributed by atoms with Crippen molar-refractivity contribution >= 4 is 34.1 Å². The first-order valence-electron chi connectivity index (χ1n) is 18.4. The largest absolute Gasteiger partial charge is 0.497 e. The average Bonchev–Trinajstić information content (AvgIpc) is 3.27. The Morgan fingerprint density at radius 3 is 0.750 bits per heavy atom. The zero-order valence-corrected chi connectivity index (χ0v) is 31.2. The molecule has 0 radical (unpaired) electrons. The third-order valence-electron chi connectivity index (χ3n) is 9.39. The lowest BCUT2D eigenvalue weighted by atomic mass is 10.1. The lowest BCUT2D eigenvalue weighted by molar-refractivity contribution is 0.415. The molecule has 56 heavy (non-hydrogen) atoms. The summed E-state index contributed by atoms with van der Waals surface area (Å²) in [6.45, 7) is 0. The maximum atomic E-state index is 6.26. The summed E-state index contributed by atoms with van der Waals surface area (Å²) in [5.41, 5.74) is 8.40. The molecule has 0 N–H and O–H groups in total. The Labute approximate surface area is 328 Å². The zero-order chi connectivity index (χ0) is 38.1. The monoisotopic (exact) mass is 732 g/mol. The average molecular weight is 733 g/mol. The van der Waals surface area contributed by atoms with Crippen molar-refractivity contribution in [2.45, 2.75) is 0 Å². The highest BCUT2D eigenvalue weighted by Gasteiger charge is 2.15. The highest BCUT2D eigenvalue weighted by atomic mass is 16.5. The van der Waals surface area contributed by atoms with Gasteiger partial charge in [0.15, 0.2) is 0 Å². The van der Waals surface area contributed by atoms with Crippen LogP contribution in [0.4, 0.5) is 34.1 Å². The van der Waals surface area contributed by atoms with Gasteiger partial charge in [0.2, 0.25) is 0 Å². The Morgan fingerprint density at radius 2 is 0.482 bits per heavy atom. The molecule has 0 heterocycles. The summed E-state index contributed by atoms with van der Waals surface area (Å²) in [4.78, 5) is 4.41. The van der Waals surface area contributed by atoms with E-state index in [0.717, 1.165) is 79.7 Å². The van der Waals surface area contributed by atoms with E-state index in [9.17, 15) is 0 Å². The summed E-state index contributed by atoms with van der Waals surface area (Å²) in [6.07, 6.45) is 0. The first kappa shape index (κ1) is 35.6. The number of hydrogen-bond donors (Lipinski definition) is 0. The predicted molar refractivity (Wildman–Crippen MR) is 227 cm³/mol. The van der Waals surface area contributed by atoms with Gasteiger partial charge in [0.05, 0.1) is 14.2 Å². The maximum Gasteiger partial charge on any atom is 0.127 e. The SMILES string of the molecule is COc1ccc(N(c2ccc(OC)cc2)c2ccc(Oc3ccc(-c4ccc(Oc5ccc(N(c6ccccc6)c6ccccc6)cc5)cc4)cc3)cc2)cc1. The number of benzene rings is 8. The molecule has 274 valence electrons. The van der Waals surface area contributed by atoms with Crippen molar-refractivity contribution in [3.8, 4) is 45.6 Å². The quantitative estimate of drug-likeness (QED) is 0.118. The van der Waals surface area contributed by atoms with Crippen molar-refractivity contribution in [2.24, 2.45) is 0 Å². The van der Waals surface area contributed by atoms with Crippen molar-refractivity contribution in [2.75, 3.05) is 24.0 Å². The Bertz CT molecular complexity index is 2350. The van der Waals surface area contributed by atoms with Gasteiger partial charge in [-0.3, -0.25) is 0 Å². The smallest absolute Gasteiger partial charge is 0.127 e. The Hall–Kier alpha value is -7.44. The summed E-state index contributed by atoms with van der Waals surface area (Å²) in [7, 11) is 3.34. The van der Waals surface area contributed by atoms with E-state index in [1.54, 1.807) is 14.2 Å². The van der Waals surface area contributed by atoms with Gasteiger partial charge >= 0.3 is 0 Å². The molecular formula is C50H40N2O4. The molecule has 8 rings (SSSR count). The summed E-state index contributed by atoms with van der Waals surface area (Å²) in [5, 5.41) is 0. The second-order valence-corrected chi connectivity index (χ2v) is 13.0. The second-order valence-electron chi connectivity index (χ2n) is 13.0. The maximum absolute atomic E-state index is 6.26. The second kappa shape index (κ2) is 16.7. The number of hydrogen-bond acceptors (Lipinski definition) is 6. The van der Waals surface area contributed by atoms with E-state index >= 15 is 0 Å². The van der Waals surface area contributed by atoms with Crippen LogP contribution >= 0.6 is 0 Å². The van der Waals surface area contributed by atoms with Gasteiger partial charge in [0.25, 0.3) is 0 Å². The highest BCUT2D eigenvalue weighted by Crippen LogP contribution is 2.38. The summed E-state index contributed by atoms with van der Waals surface area (Å²) in [6, 6.07) is 69.3. The molecule has 0 aliphatic carbocycles. The molecule has 8 aromatic rings. The third-order valence-corrected chi connectivity index (χ3v) is 9.39. The van der Waals surface area contributed by atoms with Crippen LogP contribution in [0.5, 0.6) is 34.5 Å². The van der Waals surface area contributed by atoms with Crippen molar-refractivity contribution in [3.05, 3.63) is 206 Å². The predicted octanol–water partition coefficient (Wildman–Crippen LogP) is 13.9. The summed E-state index contributed by atoms with van der Waals surface area (Å²) < 4.78 is 23.3. The van der Waals surface area contributed by atoms with E-state index in [0.29, 0.717) is 0 Å². The number of ether oxygens (including phenoxy) is 4. The molecule has 0 aromatic heterocycles. The first-order chi connectivity index (χ1) is 27.6. The standard InChI is InChI=1S/C50H40N2O4/c1-53-45-29-17-41(18-30-45)52(42-19-31-46(54-2)32-20-42)44-23-35-50(36-24-44)56-48-27-15-38(16-28-48)37-13-25-47(26-14-37)55-49-33-21-43(22-34-49)51(39-9-5-3-6-10-39)40-11-7-4-8-12-40/h3-36H,1-2H3. The van der Waals surface area contributed by atoms with Crippen molar-refractivity contribution in [1.29, 1.82) is 0 Å². The van der Waals surface area contributed by atoms with Crippen LogP contribution in [0.2, 0.25) is 0 Å². The number of nitrogens with zero attached hydrogens (tertiary/aromatic N) is 2. The van der Waals surface area contributed by atoms with Gasteiger partial charge in [0, 0.05) is 34.1 Å². The van der Waals surface area contributed by atoms with Gasteiger partial charge in [-0.15, -0.1) is 0 Å². The topological polar surface area (TPSA) is 43.4 Å². The fourth-order valence-corrected chi connectivity index (χ4v) is 6.54. The first-order valence-corrected chi connectivity index (χ1v) is 18.4. The van der Waals surface area contributed by atoms with E-state index in [4.69, 9.17) is 18.9 Å². The van der Waals surface area contributed by atoms with Crippen molar-refractivity contribution in [3.63, 3.8) is 0 Å². The van der Waals surface area contributed by atoms with Gasteiger partial charge in [-0.2, -0.15) is 0 Å². The van der Waals surface area contributed by atoms with Crippen LogP contribution in [0.1, 0.15) is 0 Å². The van der Waals surface area contributed by atoms with Crippen LogP contribution < -0.4 is 28.7 Å². The summed E-state index contributed by atoms with van der Waals surface area (Å²) in [5.74, 6) is 4.64. The fraction of sp³-hybridized carbons (Fsp3) is 0.0400. The molecule has 0 fully saturated rings. The van der Waals surface area contributed by atoms with Crippen LogP contribution in [-0.4, -0.2) is 14.2 Å². The van der Waals surface area contributed by atoms with Gasteiger partial charge in [-0.1, -0.05) is 60.7 Å². The van der Waals surface area contributed by atoms with Crippen molar-refractivity contribution < 1.29 is 18.9 Å². The van der Waals surface area contributed by atoms with Crippen LogP contribution in [0, 0.1) is 0 Å². The third kappa shape index (κ3) is 8.20. The lowest BCUT2D eigenvalue weighted by Gasteiger charge is -2.26. The number of anilines is 6. The van der Waals surface area contributed by atoms with Crippen LogP contribution in [0.15, 0.2) is 206 Å². The van der Waals surface area contributed by atoms with E-state index in [-0.39, 0.29) is 0 Å². The molecule has 0 spiro atoms. The summed E-state index contributed by atoms with van der Waals surface area (Å²) >= 11 is 0. The zero-order valence-electron chi connectivity index (χ0n) is 31.2. The minimum atomic E-state index is 0.744. The Balaban J connectivity index is 0.918. The molecule has 6 heteroatoms. The highest BCUT2D eigenvalue weighted by molar-refractivity contribution is 5.78. The molecule has 0 amide bonds. The van der Waals surface area contributed by atoms with Gasteiger partial charge < -0.3 is 28.7 Å². The molecule has 8 aromatic carbocycles. The lowest BCUT2D eigenvalue weighted by Crippen LogP contribution is -2.09. The molecule has 0 aliphatic rings. The molecule has 0 unspecified atom stereocenters. The van der Waals surface area contributed by atoms with Gasteiger partial charge in [-0.05, 0) is 157 Å². The van der Waals surface area contributed by atoms with Crippen LogP contribution in [0.3, 0.4) is 0 Å². The minimum absolute atomic E-state index is 0.744. The van der Waals surface area contributed by atoms with Crippen LogP contribution in [-0.2, 0) is 0 Å². The van der Waals surface area contributed by atoms with Crippen molar-refractivity contribution in [1.82, 2.24) is 0 Å². The van der Waals surface area contributed by atoms with Crippen LogP contribution in [0.25, 0.3) is 11.1 Å². The van der Waals surface area contributed by atoms with E-state index in [1.807, 2.05) is 109 Å². The minimum Gasteiger partial charge on any atom is -0.497 e. The molecule has 6 nitrogen and oxygen atoms in total. The molecule has 0 aliphatic heterocycles. The fourth-order valence-electron chi connectivity index (χ4n) is 6.54. The van der Waals surface area contributed by atoms with E-state index < -0.39 is 0 Å². The number of para-hydroxylation sites is 2. The molecule has 0 saturated heterocycles. The molecule has 0 bridgehead atoms. The Morgan fingerprint density at radius 1 is 0.250 bits per heavy atom. The molecule has 0 atom stereocenters. The number of rotatable bonds is 13. The van der Waals surface area contributed by atoms with Gasteiger partial charge in [0.1, 0.15) is 34.5 Å². The number of methoxy groups -OCH3 is 2. The van der Waals surface area contributed by atoms with Gasteiger partial charge in [-0.25, -0.2) is 0 Å². The normalized spacial score (nSPS) is 10.7. The van der Waals surface area contributed by atoms with E-state index in [1.165, 1.54) is 0 Å².